The topological polar surface area (TPSA) is 72.3 Å². The second-order valence-corrected chi connectivity index (χ2v) is 4.51. The number of carbonyl (C=O) groups excluding carboxylic acids is 1. The van der Waals surface area contributed by atoms with Gasteiger partial charge >= 0.3 is 6.01 Å². The van der Waals surface area contributed by atoms with Crippen molar-refractivity contribution in [3.05, 3.63) is 18.0 Å². The van der Waals surface area contributed by atoms with Gasteiger partial charge in [0.15, 0.2) is 5.78 Å². The van der Waals surface area contributed by atoms with Crippen molar-refractivity contribution in [3.63, 3.8) is 0 Å². The predicted molar refractivity (Wildman–Crippen MR) is 57.8 cm³/mol. The van der Waals surface area contributed by atoms with Gasteiger partial charge in [0.2, 0.25) is 0 Å². The zero-order chi connectivity index (χ0) is 12.2. The number of ketones is 1. The number of rotatable bonds is 4. The molecule has 1 N–H and O–H groups in total. The Morgan fingerprint density at radius 1 is 1.50 bits per heavy atom. The molecule has 0 atom stereocenters. The summed E-state index contributed by atoms with van der Waals surface area (Å²) < 4.78 is 5.21. The second-order valence-electron chi connectivity index (χ2n) is 4.51. The standard InChI is InChI=1S/C11H16N2O3/c1-11(2,3)9(14)7-16-6-8-4-5-12-10(15)13-8/h4-5H,6-7H2,1-3H3,(H,12,13,15). The first-order valence-corrected chi connectivity index (χ1v) is 5.01. The van der Waals surface area contributed by atoms with Gasteiger partial charge < -0.3 is 9.84 Å². The molecule has 88 valence electrons. The van der Waals surface area contributed by atoms with E-state index in [1.165, 1.54) is 6.20 Å². The first-order valence-electron chi connectivity index (χ1n) is 5.01. The number of aromatic hydroxyl groups is 1. The van der Waals surface area contributed by atoms with E-state index in [1.807, 2.05) is 20.8 Å². The summed E-state index contributed by atoms with van der Waals surface area (Å²) in [6.45, 7) is 5.77. The predicted octanol–water partition coefficient (Wildman–Crippen LogP) is 1.31. The Balaban J connectivity index is 2.39. The minimum absolute atomic E-state index is 0.0331. The van der Waals surface area contributed by atoms with Crippen LogP contribution in [0.3, 0.4) is 0 Å². The highest BCUT2D eigenvalue weighted by Crippen LogP contribution is 2.14. The molecule has 0 fully saturated rings. The highest BCUT2D eigenvalue weighted by molar-refractivity contribution is 5.84. The fourth-order valence-electron chi connectivity index (χ4n) is 0.930. The molecule has 0 saturated heterocycles. The fraction of sp³-hybridized carbons (Fsp3) is 0.545. The summed E-state index contributed by atoms with van der Waals surface area (Å²) in [4.78, 5) is 18.8. The van der Waals surface area contributed by atoms with Crippen LogP contribution in [0, 0.1) is 5.41 Å². The van der Waals surface area contributed by atoms with Gasteiger partial charge in [0.05, 0.1) is 12.3 Å². The van der Waals surface area contributed by atoms with E-state index in [9.17, 15) is 4.79 Å². The van der Waals surface area contributed by atoms with Gasteiger partial charge in [0.1, 0.15) is 6.61 Å². The van der Waals surface area contributed by atoms with Crippen LogP contribution >= 0.6 is 0 Å². The smallest absolute Gasteiger partial charge is 0.314 e. The molecule has 5 nitrogen and oxygen atoms in total. The van der Waals surface area contributed by atoms with Crippen LogP contribution in [0.1, 0.15) is 26.5 Å². The highest BCUT2D eigenvalue weighted by Gasteiger charge is 2.20. The number of hydrogen-bond acceptors (Lipinski definition) is 5. The molecule has 16 heavy (non-hydrogen) atoms. The van der Waals surface area contributed by atoms with E-state index in [2.05, 4.69) is 9.97 Å². The lowest BCUT2D eigenvalue weighted by Gasteiger charge is -2.16. The van der Waals surface area contributed by atoms with Crippen LogP contribution in [0.15, 0.2) is 12.3 Å². The summed E-state index contributed by atoms with van der Waals surface area (Å²) in [5, 5.41) is 9.01. The first kappa shape index (κ1) is 12.6. The van der Waals surface area contributed by atoms with E-state index in [0.717, 1.165) is 0 Å². The molecule has 0 unspecified atom stereocenters. The summed E-state index contributed by atoms with van der Waals surface area (Å²) >= 11 is 0. The summed E-state index contributed by atoms with van der Waals surface area (Å²) in [6, 6.07) is 1.34. The normalized spacial score (nSPS) is 11.4. The summed E-state index contributed by atoms with van der Waals surface area (Å²) in [7, 11) is 0. The van der Waals surface area contributed by atoms with Gasteiger partial charge in [-0.05, 0) is 6.07 Å². The number of nitrogens with zero attached hydrogens (tertiary/aromatic N) is 2. The summed E-state index contributed by atoms with van der Waals surface area (Å²) in [5.74, 6) is 0.0331. The molecular formula is C11H16N2O3. The largest absolute Gasteiger partial charge is 0.479 e. The van der Waals surface area contributed by atoms with Crippen LogP contribution in [0.5, 0.6) is 6.01 Å². The Bertz CT molecular complexity index is 372. The van der Waals surface area contributed by atoms with Crippen molar-refractivity contribution in [2.24, 2.45) is 5.41 Å². The Labute approximate surface area is 94.5 Å². The maximum Gasteiger partial charge on any atom is 0.314 e. The average Bonchev–Trinajstić information content (AvgIpc) is 2.16. The van der Waals surface area contributed by atoms with Crippen molar-refractivity contribution >= 4 is 5.78 Å². The molecule has 0 aliphatic rings. The van der Waals surface area contributed by atoms with E-state index in [4.69, 9.17) is 9.84 Å². The maximum atomic E-state index is 11.5. The van der Waals surface area contributed by atoms with Gasteiger partial charge in [-0.15, -0.1) is 0 Å². The third kappa shape index (κ3) is 3.94. The van der Waals surface area contributed by atoms with E-state index in [1.54, 1.807) is 6.07 Å². The Hall–Kier alpha value is -1.49. The van der Waals surface area contributed by atoms with E-state index >= 15 is 0 Å². The summed E-state index contributed by atoms with van der Waals surface area (Å²) in [5.41, 5.74) is 0.155. The van der Waals surface area contributed by atoms with Crippen molar-refractivity contribution in [1.29, 1.82) is 0 Å². The lowest BCUT2D eigenvalue weighted by atomic mass is 9.91. The number of aromatic nitrogens is 2. The molecular weight excluding hydrogens is 208 g/mol. The van der Waals surface area contributed by atoms with Crippen molar-refractivity contribution in [3.8, 4) is 6.01 Å². The zero-order valence-corrected chi connectivity index (χ0v) is 9.73. The van der Waals surface area contributed by atoms with Gasteiger partial charge in [0, 0.05) is 11.6 Å². The van der Waals surface area contributed by atoms with Crippen molar-refractivity contribution < 1.29 is 14.6 Å². The molecule has 1 rings (SSSR count). The highest BCUT2D eigenvalue weighted by atomic mass is 16.5. The van der Waals surface area contributed by atoms with Crippen molar-refractivity contribution in [2.45, 2.75) is 27.4 Å². The molecule has 1 aromatic rings. The van der Waals surface area contributed by atoms with Crippen LogP contribution in [0.2, 0.25) is 0 Å². The van der Waals surface area contributed by atoms with Crippen molar-refractivity contribution in [1.82, 2.24) is 9.97 Å². The monoisotopic (exact) mass is 224 g/mol. The van der Waals surface area contributed by atoms with Gasteiger partial charge in [-0.1, -0.05) is 20.8 Å². The van der Waals surface area contributed by atoms with Gasteiger partial charge in [-0.25, -0.2) is 4.98 Å². The third-order valence-electron chi connectivity index (χ3n) is 2.02. The van der Waals surface area contributed by atoms with Crippen LogP contribution in [0.4, 0.5) is 0 Å². The van der Waals surface area contributed by atoms with Crippen LogP contribution in [-0.4, -0.2) is 27.5 Å². The molecule has 0 aromatic carbocycles. The average molecular weight is 224 g/mol. The van der Waals surface area contributed by atoms with Gasteiger partial charge in [0.25, 0.3) is 0 Å². The Morgan fingerprint density at radius 2 is 2.19 bits per heavy atom. The third-order valence-corrected chi connectivity index (χ3v) is 2.02. The molecule has 1 aromatic heterocycles. The molecule has 0 radical (unpaired) electrons. The second kappa shape index (κ2) is 5.03. The summed E-state index contributed by atoms with van der Waals surface area (Å²) in [6.07, 6.45) is 1.44. The van der Waals surface area contributed by atoms with E-state index in [0.29, 0.717) is 5.69 Å². The number of Topliss-reactive ketones (excluding diaryl/α,β-unsaturated/α-hetero) is 1. The number of ether oxygens (including phenoxy) is 1. The lowest BCUT2D eigenvalue weighted by molar-refractivity contribution is -0.131. The van der Waals surface area contributed by atoms with Crippen LogP contribution in [-0.2, 0) is 16.1 Å². The quantitative estimate of drug-likeness (QED) is 0.834. The molecule has 0 aliphatic carbocycles. The molecule has 1 heterocycles. The number of carbonyl (C=O) groups is 1. The SMILES string of the molecule is CC(C)(C)C(=O)COCc1ccnc(O)n1. The van der Waals surface area contributed by atoms with Gasteiger partial charge in [-0.3, -0.25) is 4.79 Å². The zero-order valence-electron chi connectivity index (χ0n) is 9.73. The lowest BCUT2D eigenvalue weighted by Crippen LogP contribution is -2.24. The first-order chi connectivity index (χ1) is 7.39. The van der Waals surface area contributed by atoms with Gasteiger partial charge in [-0.2, -0.15) is 4.98 Å². The van der Waals surface area contributed by atoms with Crippen LogP contribution < -0.4 is 0 Å². The maximum absolute atomic E-state index is 11.5. The molecule has 5 heteroatoms. The molecule has 0 aliphatic heterocycles. The van der Waals surface area contributed by atoms with E-state index in [-0.39, 0.29) is 25.0 Å². The Morgan fingerprint density at radius 3 is 2.75 bits per heavy atom. The van der Waals surface area contributed by atoms with Crippen LogP contribution in [0.25, 0.3) is 0 Å². The molecule has 0 saturated carbocycles. The fourth-order valence-corrected chi connectivity index (χ4v) is 0.930. The molecule has 0 amide bonds. The van der Waals surface area contributed by atoms with E-state index < -0.39 is 5.41 Å². The van der Waals surface area contributed by atoms with Crippen molar-refractivity contribution in [2.75, 3.05) is 6.61 Å². The minimum atomic E-state index is -0.395. The number of hydrogen-bond donors (Lipinski definition) is 1. The minimum Gasteiger partial charge on any atom is -0.479 e. The Kier molecular flexibility index (Phi) is 3.95. The molecule has 0 bridgehead atoms. The molecule has 0 spiro atoms.